The Kier molecular flexibility index (Phi) is 5.71. The summed E-state index contributed by atoms with van der Waals surface area (Å²) in [4.78, 5) is 0. The molecule has 2 aromatic carbocycles. The average molecular weight is 357 g/mol. The third kappa shape index (κ3) is 4.20. The van der Waals surface area contributed by atoms with Gasteiger partial charge in [-0.1, -0.05) is 42.1 Å². The number of aromatic nitrogens is 3. The molecule has 0 saturated heterocycles. The highest BCUT2D eigenvalue weighted by Gasteiger charge is 2.13. The Labute approximate surface area is 151 Å². The molecule has 0 bridgehead atoms. The molecule has 0 atom stereocenters. The molecule has 0 saturated carbocycles. The molecular weight excluding hydrogens is 337 g/mol. The smallest absolute Gasteiger partial charge is 0.191 e. The van der Waals surface area contributed by atoms with Crippen molar-refractivity contribution in [3.63, 3.8) is 0 Å². The summed E-state index contributed by atoms with van der Waals surface area (Å²) in [6.45, 7) is 2.84. The first-order chi connectivity index (χ1) is 12.2. The van der Waals surface area contributed by atoms with E-state index in [0.29, 0.717) is 17.7 Å². The molecule has 1 heterocycles. The molecule has 3 aromatic rings. The van der Waals surface area contributed by atoms with E-state index in [2.05, 4.69) is 21.7 Å². The lowest BCUT2D eigenvalue weighted by Gasteiger charge is -2.08. The van der Waals surface area contributed by atoms with Crippen LogP contribution in [0.5, 0.6) is 5.75 Å². The zero-order valence-corrected chi connectivity index (χ0v) is 15.1. The maximum atomic E-state index is 13.8. The van der Waals surface area contributed by atoms with E-state index in [1.54, 1.807) is 19.2 Å². The van der Waals surface area contributed by atoms with E-state index in [4.69, 9.17) is 4.74 Å². The normalized spacial score (nSPS) is 10.8. The van der Waals surface area contributed by atoms with E-state index in [9.17, 15) is 4.39 Å². The van der Waals surface area contributed by atoms with Crippen LogP contribution in [0.3, 0.4) is 0 Å². The molecule has 0 fully saturated rings. The van der Waals surface area contributed by atoms with Crippen molar-refractivity contribution >= 4 is 11.8 Å². The third-order valence-electron chi connectivity index (χ3n) is 3.95. The topological polar surface area (TPSA) is 39.9 Å². The lowest BCUT2D eigenvalue weighted by Crippen LogP contribution is -2.04. The van der Waals surface area contributed by atoms with Crippen molar-refractivity contribution < 1.29 is 9.13 Å². The molecular formula is C19H20FN3OS. The molecule has 0 aliphatic rings. The van der Waals surface area contributed by atoms with Crippen LogP contribution in [-0.2, 0) is 18.7 Å². The molecule has 0 radical (unpaired) electrons. The maximum absolute atomic E-state index is 13.8. The van der Waals surface area contributed by atoms with Crippen LogP contribution in [0.4, 0.5) is 4.39 Å². The number of thioether (sulfide) groups is 1. The SMILES string of the molecule is CCn1c(Cc2ccc(OC)cc2)nnc1SCc1ccccc1F. The number of hydrogen-bond donors (Lipinski definition) is 0. The molecule has 0 amide bonds. The number of benzene rings is 2. The number of hydrogen-bond acceptors (Lipinski definition) is 4. The van der Waals surface area contributed by atoms with E-state index >= 15 is 0 Å². The summed E-state index contributed by atoms with van der Waals surface area (Å²) in [5, 5.41) is 9.43. The number of nitrogens with zero attached hydrogens (tertiary/aromatic N) is 3. The van der Waals surface area contributed by atoms with Crippen molar-refractivity contribution in [1.82, 2.24) is 14.8 Å². The van der Waals surface area contributed by atoms with Gasteiger partial charge in [0.05, 0.1) is 7.11 Å². The van der Waals surface area contributed by atoms with Crippen molar-refractivity contribution in [1.29, 1.82) is 0 Å². The zero-order valence-electron chi connectivity index (χ0n) is 14.3. The van der Waals surface area contributed by atoms with Gasteiger partial charge in [0.25, 0.3) is 0 Å². The lowest BCUT2D eigenvalue weighted by atomic mass is 10.1. The first-order valence-corrected chi connectivity index (χ1v) is 9.11. The van der Waals surface area contributed by atoms with Crippen LogP contribution in [0, 0.1) is 5.82 Å². The van der Waals surface area contributed by atoms with Gasteiger partial charge in [-0.3, -0.25) is 0 Å². The summed E-state index contributed by atoms with van der Waals surface area (Å²) in [6.07, 6.45) is 0.699. The molecule has 0 spiro atoms. The summed E-state index contributed by atoms with van der Waals surface area (Å²) in [6, 6.07) is 14.8. The summed E-state index contributed by atoms with van der Waals surface area (Å²) < 4.78 is 21.0. The van der Waals surface area contributed by atoms with Crippen LogP contribution < -0.4 is 4.74 Å². The van der Waals surface area contributed by atoms with Gasteiger partial charge in [-0.15, -0.1) is 10.2 Å². The Morgan fingerprint density at radius 2 is 1.84 bits per heavy atom. The van der Waals surface area contributed by atoms with E-state index in [1.807, 2.05) is 30.3 Å². The average Bonchev–Trinajstić information content (AvgIpc) is 3.03. The van der Waals surface area contributed by atoms with Crippen molar-refractivity contribution in [3.8, 4) is 5.75 Å². The second-order valence-electron chi connectivity index (χ2n) is 5.55. The highest BCUT2D eigenvalue weighted by atomic mass is 32.2. The fraction of sp³-hybridized carbons (Fsp3) is 0.263. The zero-order chi connectivity index (χ0) is 17.6. The number of rotatable bonds is 7. The predicted molar refractivity (Wildman–Crippen MR) is 97.5 cm³/mol. The molecule has 130 valence electrons. The van der Waals surface area contributed by atoms with Crippen LogP contribution in [0.1, 0.15) is 23.9 Å². The molecule has 0 unspecified atom stereocenters. The summed E-state index contributed by atoms with van der Waals surface area (Å²) in [7, 11) is 1.65. The van der Waals surface area contributed by atoms with Crippen molar-refractivity contribution in [2.24, 2.45) is 0 Å². The highest BCUT2D eigenvalue weighted by Crippen LogP contribution is 2.24. The standard InChI is InChI=1S/C19H20FN3OS/c1-3-23-18(12-14-8-10-16(24-2)11-9-14)21-22-19(23)25-13-15-6-4-5-7-17(15)20/h4-11H,3,12-13H2,1-2H3. The third-order valence-corrected chi connectivity index (χ3v) is 4.96. The summed E-state index contributed by atoms with van der Waals surface area (Å²) >= 11 is 1.51. The Balaban J connectivity index is 1.73. The van der Waals surface area contributed by atoms with Gasteiger partial charge < -0.3 is 9.30 Å². The largest absolute Gasteiger partial charge is 0.497 e. The molecule has 0 aliphatic heterocycles. The molecule has 25 heavy (non-hydrogen) atoms. The minimum atomic E-state index is -0.184. The van der Waals surface area contributed by atoms with Gasteiger partial charge in [-0.2, -0.15) is 0 Å². The van der Waals surface area contributed by atoms with Gasteiger partial charge in [0.15, 0.2) is 5.16 Å². The highest BCUT2D eigenvalue weighted by molar-refractivity contribution is 7.98. The number of ether oxygens (including phenoxy) is 1. The Hall–Kier alpha value is -2.34. The van der Waals surface area contributed by atoms with E-state index in [0.717, 1.165) is 28.8 Å². The molecule has 1 aromatic heterocycles. The van der Waals surface area contributed by atoms with Crippen molar-refractivity contribution in [3.05, 3.63) is 71.3 Å². The Morgan fingerprint density at radius 1 is 1.08 bits per heavy atom. The molecule has 4 nitrogen and oxygen atoms in total. The van der Waals surface area contributed by atoms with Crippen LogP contribution in [-0.4, -0.2) is 21.9 Å². The van der Waals surface area contributed by atoms with E-state index in [-0.39, 0.29) is 5.82 Å². The summed E-state index contributed by atoms with van der Waals surface area (Å²) in [5.74, 6) is 2.09. The molecule has 0 N–H and O–H groups in total. The van der Waals surface area contributed by atoms with Gasteiger partial charge >= 0.3 is 0 Å². The first-order valence-electron chi connectivity index (χ1n) is 8.12. The quantitative estimate of drug-likeness (QED) is 0.590. The van der Waals surface area contributed by atoms with Gasteiger partial charge in [-0.05, 0) is 36.2 Å². The minimum Gasteiger partial charge on any atom is -0.497 e. The monoisotopic (exact) mass is 357 g/mol. The second kappa shape index (κ2) is 8.16. The summed E-state index contributed by atoms with van der Waals surface area (Å²) in [5.41, 5.74) is 1.82. The van der Waals surface area contributed by atoms with Crippen LogP contribution in [0.25, 0.3) is 0 Å². The Bertz CT molecular complexity index is 833. The van der Waals surface area contributed by atoms with Gasteiger partial charge in [-0.25, -0.2) is 4.39 Å². The molecule has 0 aliphatic carbocycles. The van der Waals surface area contributed by atoms with Gasteiger partial charge in [0.1, 0.15) is 17.4 Å². The fourth-order valence-corrected chi connectivity index (χ4v) is 3.57. The second-order valence-corrected chi connectivity index (χ2v) is 6.49. The lowest BCUT2D eigenvalue weighted by molar-refractivity contribution is 0.414. The fourth-order valence-electron chi connectivity index (χ4n) is 2.56. The van der Waals surface area contributed by atoms with E-state index in [1.165, 1.54) is 17.8 Å². The van der Waals surface area contributed by atoms with Crippen LogP contribution in [0.2, 0.25) is 0 Å². The number of methoxy groups -OCH3 is 1. The maximum Gasteiger partial charge on any atom is 0.191 e. The minimum absolute atomic E-state index is 0.184. The first kappa shape index (κ1) is 17.5. The van der Waals surface area contributed by atoms with Crippen LogP contribution >= 0.6 is 11.8 Å². The molecule has 3 rings (SSSR count). The van der Waals surface area contributed by atoms with Crippen molar-refractivity contribution in [2.45, 2.75) is 30.8 Å². The van der Waals surface area contributed by atoms with Crippen LogP contribution in [0.15, 0.2) is 53.7 Å². The van der Waals surface area contributed by atoms with E-state index < -0.39 is 0 Å². The van der Waals surface area contributed by atoms with Crippen molar-refractivity contribution in [2.75, 3.05) is 7.11 Å². The Morgan fingerprint density at radius 3 is 2.52 bits per heavy atom. The van der Waals surface area contributed by atoms with Gasteiger partial charge in [0, 0.05) is 18.7 Å². The molecule has 6 heteroatoms. The predicted octanol–water partition coefficient (Wildman–Crippen LogP) is 4.33. The number of halogens is 1. The van der Waals surface area contributed by atoms with Gasteiger partial charge in [0.2, 0.25) is 0 Å².